The van der Waals surface area contributed by atoms with Gasteiger partial charge in [0.2, 0.25) is 0 Å². The van der Waals surface area contributed by atoms with E-state index in [4.69, 9.17) is 9.15 Å². The van der Waals surface area contributed by atoms with Crippen LogP contribution in [0.25, 0.3) is 44.8 Å². The summed E-state index contributed by atoms with van der Waals surface area (Å²) < 4.78 is 17.4. The highest BCUT2D eigenvalue weighted by molar-refractivity contribution is 5.95. The van der Waals surface area contributed by atoms with E-state index in [1.54, 1.807) is 0 Å². The molecule has 60 heavy (non-hydrogen) atoms. The zero-order valence-corrected chi connectivity index (χ0v) is 33.7. The maximum atomic E-state index is 7.57. The largest absolute Gasteiger partial charge is 0.488 e. The van der Waals surface area contributed by atoms with Gasteiger partial charge in [0.15, 0.2) is 0 Å². The van der Waals surface area contributed by atoms with E-state index < -0.39 is 0 Å². The Hall–Kier alpha value is -6.00. The summed E-state index contributed by atoms with van der Waals surface area (Å²) >= 11 is 0. The van der Waals surface area contributed by atoms with Crippen LogP contribution in [0.3, 0.4) is 0 Å². The number of para-hydroxylation sites is 2. The molecule has 2 saturated carbocycles. The Kier molecular flexibility index (Phi) is 6.48. The van der Waals surface area contributed by atoms with Gasteiger partial charge in [-0.3, -0.25) is 0 Å². The number of nitrogens with zero attached hydrogens (tertiary/aromatic N) is 2. The van der Waals surface area contributed by atoms with Crippen LogP contribution in [0, 0.1) is 29.6 Å². The molecule has 8 atom stereocenters. The van der Waals surface area contributed by atoms with Gasteiger partial charge in [-0.2, -0.15) is 0 Å². The minimum Gasteiger partial charge on any atom is -0.488 e. The van der Waals surface area contributed by atoms with Crippen LogP contribution in [0.5, 0.6) is 0 Å². The van der Waals surface area contributed by atoms with Crippen LogP contribution in [0.15, 0.2) is 160 Å². The molecule has 0 amide bonds. The van der Waals surface area contributed by atoms with Crippen molar-refractivity contribution in [2.75, 3.05) is 4.90 Å². The molecule has 15 rings (SSSR count). The van der Waals surface area contributed by atoms with Crippen molar-refractivity contribution < 1.29 is 9.15 Å². The maximum Gasteiger partial charge on any atom is 0.142 e. The number of allylic oxidation sites excluding steroid dienone is 11. The molecule has 0 radical (unpaired) electrons. The average molecular weight is 779 g/mol. The molecule has 0 saturated heterocycles. The van der Waals surface area contributed by atoms with Gasteiger partial charge < -0.3 is 18.6 Å². The van der Waals surface area contributed by atoms with Crippen molar-refractivity contribution in [3.05, 3.63) is 183 Å². The molecule has 0 bridgehead atoms. The molecule has 5 aromatic rings. The zero-order chi connectivity index (χ0) is 38.8. The maximum absolute atomic E-state index is 7.57. The Morgan fingerprint density at radius 2 is 1.68 bits per heavy atom. The lowest BCUT2D eigenvalue weighted by Gasteiger charge is -2.34. The molecule has 8 aliphatic carbocycles. The average Bonchev–Trinajstić information content (AvgIpc) is 4.12. The van der Waals surface area contributed by atoms with E-state index in [2.05, 4.69) is 143 Å². The van der Waals surface area contributed by atoms with Crippen molar-refractivity contribution >= 4 is 44.8 Å². The van der Waals surface area contributed by atoms with Crippen molar-refractivity contribution in [3.8, 4) is 5.69 Å². The highest BCUT2D eigenvalue weighted by Gasteiger charge is 2.58. The summed E-state index contributed by atoms with van der Waals surface area (Å²) in [6.07, 6.45) is 35.3. The Morgan fingerprint density at radius 1 is 0.767 bits per heavy atom. The summed E-state index contributed by atoms with van der Waals surface area (Å²) in [4.78, 5) is 2.72. The number of benzene rings is 3. The summed E-state index contributed by atoms with van der Waals surface area (Å²) in [7, 11) is 0. The topological polar surface area (TPSA) is 30.5 Å². The molecule has 10 aliphatic rings. The Morgan fingerprint density at radius 3 is 2.63 bits per heavy atom. The molecule has 8 unspecified atom stereocenters. The minimum atomic E-state index is -0.0916. The summed E-state index contributed by atoms with van der Waals surface area (Å²) in [5.74, 6) is 4.19. The molecule has 0 N–H and O–H groups in total. The monoisotopic (exact) mass is 778 g/mol. The first-order chi connectivity index (χ1) is 29.8. The molecule has 292 valence electrons. The first-order valence-corrected chi connectivity index (χ1v) is 22.8. The highest BCUT2D eigenvalue weighted by Crippen LogP contribution is 2.63. The summed E-state index contributed by atoms with van der Waals surface area (Å²) in [6, 6.07) is 25.5. The van der Waals surface area contributed by atoms with Crippen molar-refractivity contribution in [2.24, 2.45) is 29.6 Å². The van der Waals surface area contributed by atoms with E-state index in [0.717, 1.165) is 55.4 Å². The van der Waals surface area contributed by atoms with Crippen LogP contribution in [0.4, 0.5) is 5.69 Å². The van der Waals surface area contributed by atoms with Gasteiger partial charge in [-0.25, -0.2) is 0 Å². The van der Waals surface area contributed by atoms with Crippen molar-refractivity contribution in [1.29, 1.82) is 0 Å². The number of rotatable bonds is 4. The van der Waals surface area contributed by atoms with Gasteiger partial charge in [-0.15, -0.1) is 0 Å². The van der Waals surface area contributed by atoms with E-state index in [1.807, 2.05) is 0 Å². The summed E-state index contributed by atoms with van der Waals surface area (Å²) in [5.41, 5.74) is 18.7. The van der Waals surface area contributed by atoms with Gasteiger partial charge in [-0.1, -0.05) is 97.2 Å². The summed E-state index contributed by atoms with van der Waals surface area (Å²) in [6.45, 7) is 0. The third-order valence-electron chi connectivity index (χ3n) is 16.0. The van der Waals surface area contributed by atoms with Crippen LogP contribution in [-0.4, -0.2) is 16.7 Å². The molecule has 4 heterocycles. The van der Waals surface area contributed by atoms with E-state index >= 15 is 0 Å². The smallest absolute Gasteiger partial charge is 0.142 e. The SMILES string of the molecule is C1=CCCC(C2=c3c(oc4ccc(-n5c6c(c7ccccc75)C=CCC6)cc34)=C(C3=CC4CC4CC3)C3OC4=C(C=C(N5c6ccccc6C6C=CC=CC65)C5CC45)C23)=C1. The molecule has 2 fully saturated rings. The Labute approximate surface area is 349 Å². The fourth-order valence-electron chi connectivity index (χ4n) is 13.2. The second-order valence-corrected chi connectivity index (χ2v) is 19.1. The molecule has 0 spiro atoms. The third-order valence-corrected chi connectivity index (χ3v) is 16.0. The van der Waals surface area contributed by atoms with Crippen LogP contribution in [0.1, 0.15) is 67.7 Å². The van der Waals surface area contributed by atoms with Crippen LogP contribution < -0.4 is 15.5 Å². The zero-order valence-electron chi connectivity index (χ0n) is 33.7. The van der Waals surface area contributed by atoms with Crippen LogP contribution in [0.2, 0.25) is 0 Å². The number of anilines is 1. The van der Waals surface area contributed by atoms with E-state index in [1.165, 1.54) is 102 Å². The molecule has 4 heteroatoms. The second kappa shape index (κ2) is 11.8. The Bertz CT molecular complexity index is 3200. The van der Waals surface area contributed by atoms with Gasteiger partial charge >= 0.3 is 0 Å². The van der Waals surface area contributed by atoms with Crippen LogP contribution >= 0.6 is 0 Å². The Balaban J connectivity index is 0.999. The van der Waals surface area contributed by atoms with Gasteiger partial charge in [0.25, 0.3) is 0 Å². The van der Waals surface area contributed by atoms with Gasteiger partial charge in [0.1, 0.15) is 22.9 Å². The number of ether oxygens (including phenoxy) is 1. The normalized spacial score (nSPS) is 30.8. The number of hydrogen-bond donors (Lipinski definition) is 0. The molecule has 2 aliphatic heterocycles. The molecule has 3 aromatic carbocycles. The number of fused-ring (bicyclic) bond motifs is 14. The second-order valence-electron chi connectivity index (χ2n) is 19.1. The first-order valence-electron chi connectivity index (χ1n) is 22.8. The fraction of sp³-hybridized carbons (Fsp3) is 0.286. The van der Waals surface area contributed by atoms with Gasteiger partial charge in [-0.05, 0) is 122 Å². The lowest BCUT2D eigenvalue weighted by Crippen LogP contribution is -2.42. The van der Waals surface area contributed by atoms with E-state index in [-0.39, 0.29) is 12.0 Å². The number of furan rings is 1. The lowest BCUT2D eigenvalue weighted by molar-refractivity contribution is 0.159. The standard InChI is InChI=1S/C56H46N2O2/c1-2-12-31(13-3-1)50-52-42-28-35(57-44-18-8-4-14-36(44)37-15-5-9-19-45(37)57)24-25-49(42)59-55(52)51(33-23-22-32-26-34(32)27-33)56-53(50)43-30-48(40-29-41(40)54(43)60-56)58-46-20-10-6-16-38(46)39-17-7-11-21-47(39)58/h1-2,4-8,10-12,14-18,20-21,24-25,27-28,30,32,34,38,40-41,46,53,56H,3,9,13,19,22-23,26,29H2. The quantitative estimate of drug-likeness (QED) is 0.182. The van der Waals surface area contributed by atoms with Crippen molar-refractivity contribution in [1.82, 2.24) is 4.57 Å². The van der Waals surface area contributed by atoms with E-state index in [0.29, 0.717) is 29.7 Å². The predicted molar refractivity (Wildman–Crippen MR) is 241 cm³/mol. The third kappa shape index (κ3) is 4.37. The van der Waals surface area contributed by atoms with Gasteiger partial charge in [0, 0.05) is 73.2 Å². The number of hydrogen-bond acceptors (Lipinski definition) is 3. The molecular formula is C56H46N2O2. The predicted octanol–water partition coefficient (Wildman–Crippen LogP) is 11.2. The lowest BCUT2D eigenvalue weighted by atomic mass is 9.72. The van der Waals surface area contributed by atoms with Crippen molar-refractivity contribution in [2.45, 2.75) is 69.4 Å². The fourth-order valence-corrected chi connectivity index (χ4v) is 13.2. The van der Waals surface area contributed by atoms with Gasteiger partial charge in [0.05, 0.1) is 17.5 Å². The first kappa shape index (κ1) is 32.8. The van der Waals surface area contributed by atoms with Crippen molar-refractivity contribution in [3.63, 3.8) is 0 Å². The molecule has 4 nitrogen and oxygen atoms in total. The molecule has 2 aromatic heterocycles. The summed E-state index contributed by atoms with van der Waals surface area (Å²) in [5, 5.41) is 3.87. The number of aromatic nitrogens is 1. The minimum absolute atomic E-state index is 0.0916. The van der Waals surface area contributed by atoms with E-state index in [9.17, 15) is 0 Å². The molecular weight excluding hydrogens is 733 g/mol. The van der Waals surface area contributed by atoms with Crippen LogP contribution in [-0.2, 0) is 11.2 Å². The highest BCUT2D eigenvalue weighted by atomic mass is 16.5.